The molecule has 2 aromatic rings. The number of carbonyl (C=O) groups excluding carboxylic acids is 2. The minimum absolute atomic E-state index is 0.291. The second-order valence-electron chi connectivity index (χ2n) is 5.78. The number of para-hydroxylation sites is 1. The van der Waals surface area contributed by atoms with E-state index in [2.05, 4.69) is 31.3 Å². The first kappa shape index (κ1) is 18.3. The number of nitrogens with one attached hydrogen (secondary N) is 2. The van der Waals surface area contributed by atoms with Gasteiger partial charge in [-0.1, -0.05) is 50.8 Å². The van der Waals surface area contributed by atoms with E-state index in [1.807, 2.05) is 12.1 Å². The van der Waals surface area contributed by atoms with E-state index in [-0.39, 0.29) is 5.91 Å². The number of rotatable bonds is 6. The molecule has 5 heteroatoms. The molecule has 130 valence electrons. The third-order valence-electron chi connectivity index (χ3n) is 3.62. The highest BCUT2D eigenvalue weighted by atomic mass is 16.5. The molecule has 0 heterocycles. The molecule has 0 aliphatic heterocycles. The molecule has 2 N–H and O–H groups in total. The van der Waals surface area contributed by atoms with Crippen LogP contribution in [0.25, 0.3) is 0 Å². The smallest absolute Gasteiger partial charge is 0.273 e. The molecule has 2 aromatic carbocycles. The fraction of sp³-hybridized carbons (Fsp3) is 0.200. The van der Waals surface area contributed by atoms with Crippen LogP contribution in [-0.4, -0.2) is 18.4 Å². The van der Waals surface area contributed by atoms with Gasteiger partial charge in [0.2, 0.25) is 0 Å². The summed E-state index contributed by atoms with van der Waals surface area (Å²) in [6.45, 7) is 8.04. The summed E-state index contributed by atoms with van der Waals surface area (Å²) >= 11 is 0. The normalized spacial score (nSPS) is 10.2. The highest BCUT2D eigenvalue weighted by Gasteiger charge is 2.13. The van der Waals surface area contributed by atoms with E-state index >= 15 is 0 Å². The molecule has 0 spiro atoms. The summed E-state index contributed by atoms with van der Waals surface area (Å²) in [6, 6.07) is 14.1. The molecule has 0 radical (unpaired) electrons. The quantitative estimate of drug-likeness (QED) is 0.626. The molecule has 5 nitrogen and oxygen atoms in total. The second kappa shape index (κ2) is 8.68. The lowest BCUT2D eigenvalue weighted by Gasteiger charge is -2.12. The van der Waals surface area contributed by atoms with Crippen molar-refractivity contribution in [1.29, 1.82) is 0 Å². The zero-order valence-corrected chi connectivity index (χ0v) is 14.4. The Kier molecular flexibility index (Phi) is 6.34. The van der Waals surface area contributed by atoms with E-state index in [0.29, 0.717) is 29.4 Å². The highest BCUT2D eigenvalue weighted by Crippen LogP contribution is 2.18. The van der Waals surface area contributed by atoms with Gasteiger partial charge in [-0.3, -0.25) is 20.4 Å². The van der Waals surface area contributed by atoms with E-state index in [0.717, 1.165) is 5.56 Å². The summed E-state index contributed by atoms with van der Waals surface area (Å²) in [5.74, 6) is -0.0146. The van der Waals surface area contributed by atoms with Gasteiger partial charge >= 0.3 is 0 Å². The number of ether oxygens (including phenoxy) is 1. The van der Waals surface area contributed by atoms with Crippen LogP contribution in [0.3, 0.4) is 0 Å². The van der Waals surface area contributed by atoms with Crippen molar-refractivity contribution in [1.82, 2.24) is 10.9 Å². The second-order valence-corrected chi connectivity index (χ2v) is 5.78. The van der Waals surface area contributed by atoms with Gasteiger partial charge in [0.1, 0.15) is 12.4 Å². The fourth-order valence-electron chi connectivity index (χ4n) is 2.20. The van der Waals surface area contributed by atoms with Crippen LogP contribution in [0, 0.1) is 0 Å². The summed E-state index contributed by atoms with van der Waals surface area (Å²) < 4.78 is 5.44. The van der Waals surface area contributed by atoms with Crippen LogP contribution in [0.1, 0.15) is 46.0 Å². The Hall–Kier alpha value is -3.08. The molecule has 25 heavy (non-hydrogen) atoms. The molecule has 0 aliphatic carbocycles. The maximum absolute atomic E-state index is 12.3. The van der Waals surface area contributed by atoms with Crippen molar-refractivity contribution in [3.05, 3.63) is 77.9 Å². The first-order valence-corrected chi connectivity index (χ1v) is 8.06. The van der Waals surface area contributed by atoms with Crippen molar-refractivity contribution < 1.29 is 14.3 Å². The van der Waals surface area contributed by atoms with Crippen LogP contribution < -0.4 is 15.6 Å². The molecule has 0 unspecified atom stereocenters. The van der Waals surface area contributed by atoms with Gasteiger partial charge < -0.3 is 4.74 Å². The Labute approximate surface area is 147 Å². The lowest BCUT2D eigenvalue weighted by atomic mass is 10.0. The van der Waals surface area contributed by atoms with Crippen LogP contribution >= 0.6 is 0 Å². The number of benzene rings is 2. The number of hydrogen-bond acceptors (Lipinski definition) is 3. The maximum Gasteiger partial charge on any atom is 0.273 e. The van der Waals surface area contributed by atoms with Crippen LogP contribution in [0.5, 0.6) is 5.75 Å². The monoisotopic (exact) mass is 338 g/mol. The molecule has 0 fully saturated rings. The van der Waals surface area contributed by atoms with Gasteiger partial charge in [-0.2, -0.15) is 0 Å². The molecule has 0 saturated heterocycles. The van der Waals surface area contributed by atoms with Crippen molar-refractivity contribution in [2.75, 3.05) is 6.61 Å². The Balaban J connectivity index is 1.99. The predicted molar refractivity (Wildman–Crippen MR) is 97.6 cm³/mol. The van der Waals surface area contributed by atoms with Crippen LogP contribution in [0.4, 0.5) is 0 Å². The largest absolute Gasteiger partial charge is 0.489 e. The summed E-state index contributed by atoms with van der Waals surface area (Å²) in [7, 11) is 0. The first-order chi connectivity index (χ1) is 12.0. The average molecular weight is 338 g/mol. The molecule has 0 saturated carbocycles. The van der Waals surface area contributed by atoms with Gasteiger partial charge in [0.25, 0.3) is 11.8 Å². The molecule has 2 amide bonds. The fourth-order valence-corrected chi connectivity index (χ4v) is 2.20. The molecular formula is C20H22N2O3. The lowest BCUT2D eigenvalue weighted by Crippen LogP contribution is -2.41. The zero-order chi connectivity index (χ0) is 18.2. The average Bonchev–Trinajstić information content (AvgIpc) is 2.64. The van der Waals surface area contributed by atoms with Gasteiger partial charge in [-0.15, -0.1) is 0 Å². The summed E-state index contributed by atoms with van der Waals surface area (Å²) in [5, 5.41) is 0. The summed E-state index contributed by atoms with van der Waals surface area (Å²) in [5.41, 5.74) is 6.78. The first-order valence-electron chi connectivity index (χ1n) is 8.06. The lowest BCUT2D eigenvalue weighted by molar-refractivity contribution is 0.0844. The van der Waals surface area contributed by atoms with E-state index in [1.54, 1.807) is 42.5 Å². The Bertz CT molecular complexity index is 752. The Morgan fingerprint density at radius 3 is 2.32 bits per heavy atom. The van der Waals surface area contributed by atoms with Gasteiger partial charge in [0.05, 0.1) is 5.56 Å². The highest BCUT2D eigenvalue weighted by molar-refractivity contribution is 6.00. The molecule has 0 aromatic heterocycles. The van der Waals surface area contributed by atoms with E-state index < -0.39 is 5.91 Å². The molecule has 2 rings (SSSR count). The van der Waals surface area contributed by atoms with Gasteiger partial charge in [0, 0.05) is 5.56 Å². The number of amides is 2. The maximum atomic E-state index is 12.3. The van der Waals surface area contributed by atoms with Crippen LogP contribution in [0.2, 0.25) is 0 Å². The van der Waals surface area contributed by atoms with E-state index in [1.165, 1.54) is 0 Å². The minimum atomic E-state index is -0.452. The summed E-state index contributed by atoms with van der Waals surface area (Å²) in [6.07, 6.45) is 1.59. The Morgan fingerprint density at radius 1 is 1.04 bits per heavy atom. The van der Waals surface area contributed by atoms with E-state index in [4.69, 9.17) is 4.74 Å². The SMILES string of the molecule is C=CCOc1ccccc1C(=O)NNC(=O)c1ccc(C(C)C)cc1. The van der Waals surface area contributed by atoms with Crippen molar-refractivity contribution in [2.24, 2.45) is 0 Å². The van der Waals surface area contributed by atoms with Crippen molar-refractivity contribution in [3.8, 4) is 5.75 Å². The van der Waals surface area contributed by atoms with Crippen LogP contribution in [-0.2, 0) is 0 Å². The standard InChI is InChI=1S/C20H22N2O3/c1-4-13-25-18-8-6-5-7-17(18)20(24)22-21-19(23)16-11-9-15(10-12-16)14(2)3/h4-12,14H,1,13H2,2-3H3,(H,21,23)(H,22,24). The predicted octanol–water partition coefficient (Wildman–Crippen LogP) is 3.45. The van der Waals surface area contributed by atoms with Gasteiger partial charge in [-0.25, -0.2) is 0 Å². The zero-order valence-electron chi connectivity index (χ0n) is 14.4. The van der Waals surface area contributed by atoms with Gasteiger partial charge in [0.15, 0.2) is 0 Å². The topological polar surface area (TPSA) is 67.4 Å². The number of hydrazine groups is 1. The molecular weight excluding hydrogens is 316 g/mol. The van der Waals surface area contributed by atoms with E-state index in [9.17, 15) is 9.59 Å². The van der Waals surface area contributed by atoms with Crippen molar-refractivity contribution >= 4 is 11.8 Å². The Morgan fingerprint density at radius 2 is 1.68 bits per heavy atom. The molecule has 0 bridgehead atoms. The molecule has 0 aliphatic rings. The third-order valence-corrected chi connectivity index (χ3v) is 3.62. The van der Waals surface area contributed by atoms with Gasteiger partial charge in [-0.05, 0) is 35.7 Å². The number of carbonyl (C=O) groups is 2. The van der Waals surface area contributed by atoms with Crippen molar-refractivity contribution in [3.63, 3.8) is 0 Å². The van der Waals surface area contributed by atoms with Crippen molar-refractivity contribution in [2.45, 2.75) is 19.8 Å². The third kappa shape index (κ3) is 4.94. The van der Waals surface area contributed by atoms with Crippen LogP contribution in [0.15, 0.2) is 61.2 Å². The summed E-state index contributed by atoms with van der Waals surface area (Å²) in [4.78, 5) is 24.4. The minimum Gasteiger partial charge on any atom is -0.489 e. The number of hydrogen-bond donors (Lipinski definition) is 2. The molecule has 0 atom stereocenters.